The molecule has 1 atom stereocenters. The van der Waals surface area contributed by atoms with Gasteiger partial charge in [-0.2, -0.15) is 0 Å². The molecule has 0 aliphatic rings. The fraction of sp³-hybridized carbons (Fsp3) is 0.467. The van der Waals surface area contributed by atoms with Crippen molar-refractivity contribution in [3.8, 4) is 0 Å². The van der Waals surface area contributed by atoms with Gasteiger partial charge in [-0.15, -0.1) is 0 Å². The molecule has 20 heavy (non-hydrogen) atoms. The summed E-state index contributed by atoms with van der Waals surface area (Å²) in [7, 11) is 0. The van der Waals surface area contributed by atoms with Gasteiger partial charge in [-0.25, -0.2) is 9.37 Å². The molecule has 5 heteroatoms. The molecule has 0 bridgehead atoms. The number of hydrogen-bond donors (Lipinski definition) is 0. The van der Waals surface area contributed by atoms with Gasteiger partial charge < -0.3 is 4.90 Å². The maximum absolute atomic E-state index is 12.8. The van der Waals surface area contributed by atoms with Crippen molar-refractivity contribution in [2.45, 2.75) is 33.5 Å². The highest BCUT2D eigenvalue weighted by molar-refractivity contribution is 6.29. The molecular weight excluding hydrogens is 279 g/mol. The predicted molar refractivity (Wildman–Crippen MR) is 79.2 cm³/mol. The molecule has 0 aliphatic carbocycles. The largest absolute Gasteiger partial charge is 0.335 e. The Labute approximate surface area is 124 Å². The molecule has 1 aromatic rings. The summed E-state index contributed by atoms with van der Waals surface area (Å²) in [6.45, 7) is 6.49. The molecule has 1 aromatic heterocycles. The Morgan fingerprint density at radius 1 is 1.45 bits per heavy atom. The molecule has 3 nitrogen and oxygen atoms in total. The molecule has 1 heterocycles. The van der Waals surface area contributed by atoms with E-state index in [1.165, 1.54) is 19.1 Å². The third kappa shape index (κ3) is 6.15. The number of hydrogen-bond acceptors (Lipinski definition) is 2. The molecule has 0 radical (unpaired) electrons. The summed E-state index contributed by atoms with van der Waals surface area (Å²) >= 11 is 5.74. The maximum atomic E-state index is 12.8. The quantitative estimate of drug-likeness (QED) is 0.593. The van der Waals surface area contributed by atoms with Gasteiger partial charge in [0.15, 0.2) is 0 Å². The Hall–Kier alpha value is -1.42. The molecule has 0 saturated carbocycles. The van der Waals surface area contributed by atoms with Crippen molar-refractivity contribution in [1.82, 2.24) is 9.88 Å². The van der Waals surface area contributed by atoms with E-state index in [2.05, 4.69) is 4.98 Å². The zero-order chi connectivity index (χ0) is 15.1. The van der Waals surface area contributed by atoms with Crippen LogP contribution >= 0.6 is 11.6 Å². The first-order valence-corrected chi connectivity index (χ1v) is 6.98. The van der Waals surface area contributed by atoms with Crippen molar-refractivity contribution in [3.63, 3.8) is 0 Å². The van der Waals surface area contributed by atoms with E-state index in [0.717, 1.165) is 5.56 Å². The van der Waals surface area contributed by atoms with Gasteiger partial charge in [0.25, 0.3) is 0 Å². The van der Waals surface area contributed by atoms with Gasteiger partial charge >= 0.3 is 0 Å². The lowest BCUT2D eigenvalue weighted by atomic mass is 10.2. The molecule has 0 N–H and O–H groups in total. The average molecular weight is 299 g/mol. The molecule has 1 unspecified atom stereocenters. The molecule has 0 fully saturated rings. The van der Waals surface area contributed by atoms with Gasteiger partial charge in [-0.05, 0) is 30.5 Å². The van der Waals surface area contributed by atoms with E-state index < -0.39 is 6.17 Å². The number of nitrogens with zero attached hydrogens (tertiary/aromatic N) is 2. The van der Waals surface area contributed by atoms with Gasteiger partial charge in [-0.3, -0.25) is 4.79 Å². The number of carbonyl (C=O) groups is 1. The number of aromatic nitrogens is 1. The first kappa shape index (κ1) is 16.6. The van der Waals surface area contributed by atoms with Crippen LogP contribution in [0.1, 0.15) is 26.3 Å². The van der Waals surface area contributed by atoms with Crippen molar-refractivity contribution < 1.29 is 9.18 Å². The Kier molecular flexibility index (Phi) is 6.65. The van der Waals surface area contributed by atoms with Crippen LogP contribution in [0.25, 0.3) is 0 Å². The lowest BCUT2D eigenvalue weighted by Gasteiger charge is -2.23. The second kappa shape index (κ2) is 8.00. The van der Waals surface area contributed by atoms with Crippen LogP contribution < -0.4 is 0 Å². The van der Waals surface area contributed by atoms with E-state index in [0.29, 0.717) is 24.2 Å². The van der Waals surface area contributed by atoms with Crippen molar-refractivity contribution in [2.24, 2.45) is 5.92 Å². The zero-order valence-electron chi connectivity index (χ0n) is 12.0. The molecule has 0 saturated heterocycles. The van der Waals surface area contributed by atoms with E-state index in [1.54, 1.807) is 17.2 Å². The first-order chi connectivity index (χ1) is 9.38. The van der Waals surface area contributed by atoms with Crippen LogP contribution in [0.15, 0.2) is 30.5 Å². The summed E-state index contributed by atoms with van der Waals surface area (Å²) < 4.78 is 12.8. The van der Waals surface area contributed by atoms with Crippen LogP contribution in [-0.4, -0.2) is 28.5 Å². The Balaban J connectivity index is 2.78. The summed E-state index contributed by atoms with van der Waals surface area (Å²) in [5.74, 6) is 0.133. The highest BCUT2D eigenvalue weighted by Crippen LogP contribution is 2.10. The fourth-order valence-electron chi connectivity index (χ4n) is 1.71. The summed E-state index contributed by atoms with van der Waals surface area (Å²) in [4.78, 5) is 17.7. The monoisotopic (exact) mass is 298 g/mol. The van der Waals surface area contributed by atoms with E-state index in [-0.39, 0.29) is 5.91 Å². The minimum absolute atomic E-state index is 0.196. The third-order valence-corrected chi connectivity index (χ3v) is 2.79. The minimum Gasteiger partial charge on any atom is -0.335 e. The Morgan fingerprint density at radius 3 is 2.65 bits per heavy atom. The summed E-state index contributed by atoms with van der Waals surface area (Å²) in [6.07, 6.45) is 3.06. The average Bonchev–Trinajstić information content (AvgIpc) is 2.37. The molecular formula is C15H20ClFN2O. The first-order valence-electron chi connectivity index (χ1n) is 6.60. The maximum Gasteiger partial charge on any atom is 0.246 e. The van der Waals surface area contributed by atoms with E-state index in [9.17, 15) is 9.18 Å². The number of halogens is 2. The van der Waals surface area contributed by atoms with E-state index in [1.807, 2.05) is 19.9 Å². The molecule has 0 aromatic carbocycles. The van der Waals surface area contributed by atoms with Crippen LogP contribution in [-0.2, 0) is 11.3 Å². The second-order valence-corrected chi connectivity index (χ2v) is 5.53. The highest BCUT2D eigenvalue weighted by Gasteiger charge is 2.13. The van der Waals surface area contributed by atoms with Crippen molar-refractivity contribution in [1.29, 1.82) is 0 Å². The Bertz CT molecular complexity index is 457. The van der Waals surface area contributed by atoms with Crippen molar-refractivity contribution in [2.75, 3.05) is 6.54 Å². The minimum atomic E-state index is -1.13. The topological polar surface area (TPSA) is 33.2 Å². The van der Waals surface area contributed by atoms with Crippen molar-refractivity contribution >= 4 is 17.5 Å². The predicted octanol–water partition coefficient (Wildman–Crippen LogP) is 3.63. The van der Waals surface area contributed by atoms with Crippen LogP contribution in [0.5, 0.6) is 0 Å². The molecule has 1 rings (SSSR count). The van der Waals surface area contributed by atoms with Gasteiger partial charge in [0.2, 0.25) is 5.91 Å². The number of rotatable bonds is 6. The summed E-state index contributed by atoms with van der Waals surface area (Å²) in [5.41, 5.74) is 0.894. The summed E-state index contributed by atoms with van der Waals surface area (Å²) in [5, 5.41) is 0.418. The van der Waals surface area contributed by atoms with Crippen LogP contribution in [0.4, 0.5) is 4.39 Å². The molecule has 0 aliphatic heterocycles. The van der Waals surface area contributed by atoms with Gasteiger partial charge in [0, 0.05) is 25.4 Å². The van der Waals surface area contributed by atoms with E-state index in [4.69, 9.17) is 11.6 Å². The zero-order valence-corrected chi connectivity index (χ0v) is 12.8. The number of allylic oxidation sites excluding steroid dienone is 1. The van der Waals surface area contributed by atoms with Crippen LogP contribution in [0.2, 0.25) is 5.15 Å². The lowest BCUT2D eigenvalue weighted by molar-refractivity contribution is -0.127. The molecule has 0 spiro atoms. The number of alkyl halides is 1. The lowest BCUT2D eigenvalue weighted by Crippen LogP contribution is -2.32. The van der Waals surface area contributed by atoms with Gasteiger partial charge in [-0.1, -0.05) is 31.5 Å². The van der Waals surface area contributed by atoms with Crippen LogP contribution in [0, 0.1) is 5.92 Å². The Morgan fingerprint density at radius 2 is 2.15 bits per heavy atom. The third-order valence-electron chi connectivity index (χ3n) is 2.56. The summed E-state index contributed by atoms with van der Waals surface area (Å²) in [6, 6.07) is 3.52. The number of carbonyl (C=O) groups excluding carboxylic acids is 1. The van der Waals surface area contributed by atoms with E-state index >= 15 is 0 Å². The second-order valence-electron chi connectivity index (χ2n) is 5.14. The smallest absolute Gasteiger partial charge is 0.246 e. The molecule has 1 amide bonds. The molecule has 110 valence electrons. The van der Waals surface area contributed by atoms with Gasteiger partial charge in [0.05, 0.1) is 0 Å². The fourth-order valence-corrected chi connectivity index (χ4v) is 1.83. The van der Waals surface area contributed by atoms with Crippen molar-refractivity contribution in [3.05, 3.63) is 41.2 Å². The normalized spacial score (nSPS) is 12.9. The number of pyridine rings is 1. The SMILES string of the molecule is CC(F)/C=C/C(=O)N(Cc1ccc(Cl)nc1)CC(C)C. The van der Waals surface area contributed by atoms with Crippen LogP contribution in [0.3, 0.4) is 0 Å². The van der Waals surface area contributed by atoms with Gasteiger partial charge in [0.1, 0.15) is 11.3 Å². The number of amides is 1. The highest BCUT2D eigenvalue weighted by atomic mass is 35.5. The standard InChI is InChI=1S/C15H20ClFN2O/c1-11(2)9-19(15(20)7-4-12(3)17)10-13-5-6-14(16)18-8-13/h4-8,11-12H,9-10H2,1-3H3/b7-4+.